The molecule has 0 aromatic heterocycles. The molecule has 2 aromatic carbocycles. The second-order valence-corrected chi connectivity index (χ2v) is 5.22. The van der Waals surface area contributed by atoms with Crippen LogP contribution in [0.15, 0.2) is 30.3 Å². The molecule has 1 nitrogen and oxygen atoms in total. The lowest BCUT2D eigenvalue weighted by atomic mass is 9.98. The van der Waals surface area contributed by atoms with E-state index in [4.69, 9.17) is 39.5 Å². The first-order valence-electron chi connectivity index (χ1n) is 5.55. The maximum Gasteiger partial charge on any atom is 0.264 e. The van der Waals surface area contributed by atoms with Crippen LogP contribution in [0.4, 0.5) is 8.78 Å². The van der Waals surface area contributed by atoms with Gasteiger partial charge in [-0.3, -0.25) is 0 Å². The summed E-state index contributed by atoms with van der Waals surface area (Å²) in [6.45, 7) is 0. The monoisotopic (exact) mass is 336 g/mol. The Bertz CT molecular complexity index is 621. The molecule has 0 N–H and O–H groups in total. The van der Waals surface area contributed by atoms with Crippen molar-refractivity contribution in [1.29, 1.82) is 0 Å². The van der Waals surface area contributed by atoms with Crippen LogP contribution in [0.2, 0.25) is 15.1 Å². The largest absolute Gasteiger partial charge is 0.496 e. The van der Waals surface area contributed by atoms with Crippen molar-refractivity contribution >= 4 is 34.8 Å². The van der Waals surface area contributed by atoms with E-state index < -0.39 is 6.43 Å². The lowest BCUT2D eigenvalue weighted by molar-refractivity contribution is 0.151. The van der Waals surface area contributed by atoms with Crippen LogP contribution in [-0.2, 0) is 0 Å². The third-order valence-electron chi connectivity index (χ3n) is 2.77. The van der Waals surface area contributed by atoms with E-state index in [1.807, 2.05) is 0 Å². The van der Waals surface area contributed by atoms with Crippen molar-refractivity contribution in [2.75, 3.05) is 7.11 Å². The third kappa shape index (κ3) is 2.85. The average molecular weight is 338 g/mol. The molecule has 0 radical (unpaired) electrons. The molecule has 2 aromatic rings. The zero-order valence-corrected chi connectivity index (χ0v) is 12.5. The first-order chi connectivity index (χ1) is 9.45. The topological polar surface area (TPSA) is 9.23 Å². The van der Waals surface area contributed by atoms with Gasteiger partial charge in [0.15, 0.2) is 0 Å². The molecule has 0 aliphatic heterocycles. The van der Waals surface area contributed by atoms with Crippen LogP contribution >= 0.6 is 34.8 Å². The highest BCUT2D eigenvalue weighted by atomic mass is 35.5. The van der Waals surface area contributed by atoms with Gasteiger partial charge in [-0.2, -0.15) is 0 Å². The fourth-order valence-corrected chi connectivity index (χ4v) is 2.95. The van der Waals surface area contributed by atoms with E-state index in [0.717, 1.165) is 0 Å². The standard InChI is InChI=1S/C14H9Cl3F2O/c1-20-11-4-2-3-8(14(18)19)12(11)13-9(16)5-7(15)6-10(13)17/h2-6,14H,1H3. The van der Waals surface area contributed by atoms with E-state index in [-0.39, 0.29) is 32.5 Å². The number of hydrogen-bond acceptors (Lipinski definition) is 1. The summed E-state index contributed by atoms with van der Waals surface area (Å²) >= 11 is 18.0. The van der Waals surface area contributed by atoms with Gasteiger partial charge in [0.25, 0.3) is 6.43 Å². The molecule has 0 saturated heterocycles. The minimum Gasteiger partial charge on any atom is -0.496 e. The summed E-state index contributed by atoms with van der Waals surface area (Å²) < 4.78 is 31.6. The molecule has 20 heavy (non-hydrogen) atoms. The molecule has 0 amide bonds. The molecule has 0 aliphatic rings. The van der Waals surface area contributed by atoms with Crippen molar-refractivity contribution in [3.05, 3.63) is 51.0 Å². The number of hydrogen-bond donors (Lipinski definition) is 0. The lowest BCUT2D eigenvalue weighted by Gasteiger charge is -2.16. The molecule has 0 heterocycles. The number of ether oxygens (including phenoxy) is 1. The smallest absolute Gasteiger partial charge is 0.264 e. The van der Waals surface area contributed by atoms with E-state index in [0.29, 0.717) is 5.02 Å². The molecule has 0 atom stereocenters. The normalized spacial score (nSPS) is 10.9. The maximum absolute atomic E-state index is 13.2. The second-order valence-electron chi connectivity index (χ2n) is 3.97. The van der Waals surface area contributed by atoms with E-state index in [1.54, 1.807) is 6.07 Å². The van der Waals surface area contributed by atoms with Gasteiger partial charge in [0.05, 0.1) is 17.2 Å². The van der Waals surface area contributed by atoms with Crippen molar-refractivity contribution in [1.82, 2.24) is 0 Å². The Morgan fingerprint density at radius 2 is 1.60 bits per heavy atom. The quantitative estimate of drug-likeness (QED) is 0.642. The summed E-state index contributed by atoms with van der Waals surface area (Å²) in [6, 6.07) is 7.27. The Morgan fingerprint density at radius 3 is 2.10 bits per heavy atom. The van der Waals surface area contributed by atoms with Crippen LogP contribution in [0, 0.1) is 0 Å². The Kier molecular flexibility index (Phi) is 4.74. The summed E-state index contributed by atoms with van der Waals surface area (Å²) in [5.41, 5.74) is 0.262. The van der Waals surface area contributed by atoms with E-state index in [1.165, 1.54) is 31.4 Å². The fraction of sp³-hybridized carbons (Fsp3) is 0.143. The fourth-order valence-electron chi connectivity index (χ4n) is 1.95. The van der Waals surface area contributed by atoms with Gasteiger partial charge in [0.2, 0.25) is 0 Å². The van der Waals surface area contributed by atoms with Crippen molar-refractivity contribution in [3.8, 4) is 16.9 Å². The molecule has 106 valence electrons. The van der Waals surface area contributed by atoms with Crippen LogP contribution < -0.4 is 4.74 Å². The number of benzene rings is 2. The van der Waals surface area contributed by atoms with Crippen molar-refractivity contribution < 1.29 is 13.5 Å². The Morgan fingerprint density at radius 1 is 1.00 bits per heavy atom. The van der Waals surface area contributed by atoms with Crippen LogP contribution in [-0.4, -0.2) is 7.11 Å². The first kappa shape index (κ1) is 15.4. The molecule has 0 aliphatic carbocycles. The first-order valence-corrected chi connectivity index (χ1v) is 6.69. The number of methoxy groups -OCH3 is 1. The van der Waals surface area contributed by atoms with Crippen molar-refractivity contribution in [3.63, 3.8) is 0 Å². The summed E-state index contributed by atoms with van der Waals surface area (Å²) in [7, 11) is 1.39. The maximum atomic E-state index is 13.2. The highest BCUT2D eigenvalue weighted by Crippen LogP contribution is 2.45. The van der Waals surface area contributed by atoms with Gasteiger partial charge in [-0.15, -0.1) is 0 Å². The van der Waals surface area contributed by atoms with Crippen LogP contribution in [0.1, 0.15) is 12.0 Å². The summed E-state index contributed by atoms with van der Waals surface area (Å²) in [6.07, 6.45) is -2.68. The van der Waals surface area contributed by atoms with Crippen molar-refractivity contribution in [2.45, 2.75) is 6.43 Å². The predicted molar refractivity (Wildman–Crippen MR) is 78.4 cm³/mol. The molecule has 0 fully saturated rings. The predicted octanol–water partition coefficient (Wildman–Crippen LogP) is 6.26. The number of alkyl halides is 2. The van der Waals surface area contributed by atoms with E-state index in [2.05, 4.69) is 0 Å². The molecule has 0 spiro atoms. The zero-order valence-electron chi connectivity index (χ0n) is 10.3. The second kappa shape index (κ2) is 6.17. The van der Waals surface area contributed by atoms with Gasteiger partial charge >= 0.3 is 0 Å². The molecule has 0 saturated carbocycles. The summed E-state index contributed by atoms with van der Waals surface area (Å²) in [5, 5.41) is 0.708. The van der Waals surface area contributed by atoms with Gasteiger partial charge < -0.3 is 4.74 Å². The highest BCUT2D eigenvalue weighted by molar-refractivity contribution is 6.42. The number of rotatable bonds is 3. The lowest BCUT2D eigenvalue weighted by Crippen LogP contribution is -1.96. The Balaban J connectivity index is 2.81. The average Bonchev–Trinajstić information content (AvgIpc) is 2.37. The molecule has 0 unspecified atom stereocenters. The Hall–Kier alpha value is -1.03. The Labute approximate surface area is 130 Å². The molecule has 2 rings (SSSR count). The van der Waals surface area contributed by atoms with E-state index >= 15 is 0 Å². The SMILES string of the molecule is COc1cccc(C(F)F)c1-c1c(Cl)cc(Cl)cc1Cl. The van der Waals surface area contributed by atoms with Crippen molar-refractivity contribution in [2.24, 2.45) is 0 Å². The van der Waals surface area contributed by atoms with Crippen LogP contribution in [0.25, 0.3) is 11.1 Å². The van der Waals surface area contributed by atoms with Gasteiger partial charge in [0.1, 0.15) is 5.75 Å². The van der Waals surface area contributed by atoms with Crippen LogP contribution in [0.3, 0.4) is 0 Å². The summed E-state index contributed by atoms with van der Waals surface area (Å²) in [4.78, 5) is 0. The van der Waals surface area contributed by atoms with E-state index in [9.17, 15) is 8.78 Å². The highest BCUT2D eigenvalue weighted by Gasteiger charge is 2.22. The molecular weight excluding hydrogens is 329 g/mol. The van der Waals surface area contributed by atoms with Gasteiger partial charge in [-0.1, -0.05) is 46.9 Å². The molecule has 6 heteroatoms. The van der Waals surface area contributed by atoms with Crippen LogP contribution in [0.5, 0.6) is 5.75 Å². The summed E-state index contributed by atoms with van der Waals surface area (Å²) in [5.74, 6) is 0.272. The van der Waals surface area contributed by atoms with Gasteiger partial charge in [-0.05, 0) is 18.2 Å². The molecular formula is C14H9Cl3F2O. The van der Waals surface area contributed by atoms with Gasteiger partial charge in [0, 0.05) is 21.7 Å². The molecule has 0 bridgehead atoms. The third-order valence-corrected chi connectivity index (χ3v) is 3.58. The minimum absolute atomic E-state index is 0.177. The van der Waals surface area contributed by atoms with Gasteiger partial charge in [-0.25, -0.2) is 8.78 Å². The zero-order chi connectivity index (χ0) is 14.9. The number of halogens is 5. The minimum atomic E-state index is -2.68.